The number of amides is 1. The van der Waals surface area contributed by atoms with Gasteiger partial charge >= 0.3 is 12.1 Å². The molecule has 2 aromatic rings. The molecule has 1 aromatic heterocycles. The van der Waals surface area contributed by atoms with Crippen LogP contribution in [0.5, 0.6) is 0 Å². The fourth-order valence-corrected chi connectivity index (χ4v) is 2.03. The lowest BCUT2D eigenvalue weighted by Gasteiger charge is -2.16. The zero-order valence-corrected chi connectivity index (χ0v) is 13.4. The van der Waals surface area contributed by atoms with Crippen LogP contribution in [0.15, 0.2) is 36.5 Å². The second-order valence-electron chi connectivity index (χ2n) is 5.58. The Morgan fingerprint density at radius 3 is 2.52 bits per heavy atom. The highest BCUT2D eigenvalue weighted by Crippen LogP contribution is 2.30. The number of aliphatic carboxylic acids is 1. The molecule has 0 aliphatic carbocycles. The molecule has 0 bridgehead atoms. The molecule has 0 spiro atoms. The number of hydrogen-bond acceptors (Lipinski definition) is 3. The first-order valence-electron chi connectivity index (χ1n) is 7.36. The van der Waals surface area contributed by atoms with Gasteiger partial charge in [-0.05, 0) is 38.1 Å². The Bertz CT molecular complexity index is 786. The number of nitrogens with one attached hydrogen (secondary N) is 1. The van der Waals surface area contributed by atoms with E-state index in [1.54, 1.807) is 6.92 Å². The minimum atomic E-state index is -4.48. The molecule has 2 atom stereocenters. The van der Waals surface area contributed by atoms with Crippen LogP contribution in [-0.4, -0.2) is 32.8 Å². The van der Waals surface area contributed by atoms with Gasteiger partial charge in [0.25, 0.3) is 5.91 Å². The van der Waals surface area contributed by atoms with Crippen molar-refractivity contribution >= 4 is 11.9 Å². The van der Waals surface area contributed by atoms with Crippen molar-refractivity contribution in [2.45, 2.75) is 26.1 Å². The van der Waals surface area contributed by atoms with Gasteiger partial charge < -0.3 is 10.4 Å². The Kier molecular flexibility index (Phi) is 5.15. The van der Waals surface area contributed by atoms with Gasteiger partial charge in [-0.15, -0.1) is 0 Å². The Labute approximate surface area is 141 Å². The number of alkyl halides is 3. The van der Waals surface area contributed by atoms with Crippen molar-refractivity contribution in [2.75, 3.05) is 0 Å². The summed E-state index contributed by atoms with van der Waals surface area (Å²) in [5.41, 5.74) is -0.696. The molecule has 2 rings (SSSR count). The van der Waals surface area contributed by atoms with Gasteiger partial charge in [0.15, 0.2) is 5.69 Å². The number of carbonyl (C=O) groups excluding carboxylic acids is 1. The summed E-state index contributed by atoms with van der Waals surface area (Å²) in [6, 6.07) is 5.24. The van der Waals surface area contributed by atoms with Crippen molar-refractivity contribution in [3.63, 3.8) is 0 Å². The second-order valence-corrected chi connectivity index (χ2v) is 5.58. The number of carboxylic acid groups (broad SMARTS) is 1. The summed E-state index contributed by atoms with van der Waals surface area (Å²) < 4.78 is 39.4. The monoisotopic (exact) mass is 355 g/mol. The van der Waals surface area contributed by atoms with Crippen LogP contribution in [0.25, 0.3) is 5.69 Å². The Morgan fingerprint density at radius 1 is 1.24 bits per heavy atom. The van der Waals surface area contributed by atoms with Gasteiger partial charge in [0.2, 0.25) is 0 Å². The SMILES string of the molecule is CC(NC(=O)c1ccn(-c2cccc(C(F)(F)F)c2)n1)C(C)C(=O)O. The highest BCUT2D eigenvalue weighted by Gasteiger charge is 2.30. The van der Waals surface area contributed by atoms with Crippen molar-refractivity contribution in [1.29, 1.82) is 0 Å². The van der Waals surface area contributed by atoms with Crippen molar-refractivity contribution in [3.8, 4) is 5.69 Å². The van der Waals surface area contributed by atoms with Crippen molar-refractivity contribution in [1.82, 2.24) is 15.1 Å². The average molecular weight is 355 g/mol. The molecule has 2 unspecified atom stereocenters. The van der Waals surface area contributed by atoms with Gasteiger partial charge in [-0.2, -0.15) is 18.3 Å². The van der Waals surface area contributed by atoms with Gasteiger partial charge in [0.05, 0.1) is 17.2 Å². The number of benzene rings is 1. The standard InChI is InChI=1S/C16H16F3N3O3/c1-9(15(24)25)10(2)20-14(23)13-6-7-22(21-13)12-5-3-4-11(8-12)16(17,18)19/h3-10H,1-2H3,(H,20,23)(H,24,25). The average Bonchev–Trinajstić information content (AvgIpc) is 3.03. The second kappa shape index (κ2) is 6.96. The minimum absolute atomic E-state index is 0.0261. The zero-order chi connectivity index (χ0) is 18.8. The number of nitrogens with zero attached hydrogens (tertiary/aromatic N) is 2. The molecule has 1 aromatic carbocycles. The van der Waals surface area contributed by atoms with Gasteiger partial charge in [-0.3, -0.25) is 9.59 Å². The highest BCUT2D eigenvalue weighted by molar-refractivity contribution is 5.92. The lowest BCUT2D eigenvalue weighted by molar-refractivity contribution is -0.142. The summed E-state index contributed by atoms with van der Waals surface area (Å²) in [6.45, 7) is 3.00. The van der Waals surface area contributed by atoms with Crippen molar-refractivity contribution in [2.24, 2.45) is 5.92 Å². The van der Waals surface area contributed by atoms with Gasteiger partial charge in [0, 0.05) is 12.2 Å². The topological polar surface area (TPSA) is 84.2 Å². The molecule has 0 saturated carbocycles. The molecule has 0 radical (unpaired) electrons. The van der Waals surface area contributed by atoms with Crippen LogP contribution < -0.4 is 5.32 Å². The summed E-state index contributed by atoms with van der Waals surface area (Å²) >= 11 is 0. The van der Waals surface area contributed by atoms with E-state index in [-0.39, 0.29) is 11.4 Å². The quantitative estimate of drug-likeness (QED) is 0.864. The molecular formula is C16H16F3N3O3. The first-order valence-corrected chi connectivity index (χ1v) is 7.36. The molecular weight excluding hydrogens is 339 g/mol. The smallest absolute Gasteiger partial charge is 0.416 e. The largest absolute Gasteiger partial charge is 0.481 e. The van der Waals surface area contributed by atoms with Gasteiger partial charge in [-0.1, -0.05) is 6.07 Å². The molecule has 25 heavy (non-hydrogen) atoms. The van der Waals surface area contributed by atoms with Crippen LogP contribution in [0.4, 0.5) is 13.2 Å². The van der Waals surface area contributed by atoms with E-state index in [1.807, 2.05) is 0 Å². The van der Waals surface area contributed by atoms with Crippen LogP contribution in [0.3, 0.4) is 0 Å². The van der Waals surface area contributed by atoms with Crippen molar-refractivity contribution < 1.29 is 27.9 Å². The van der Waals surface area contributed by atoms with E-state index in [1.165, 1.54) is 31.3 Å². The zero-order valence-electron chi connectivity index (χ0n) is 13.4. The van der Waals surface area contributed by atoms with Crippen LogP contribution >= 0.6 is 0 Å². The first-order chi connectivity index (χ1) is 11.6. The summed E-state index contributed by atoms with van der Waals surface area (Å²) in [4.78, 5) is 23.0. The van der Waals surface area contributed by atoms with E-state index in [4.69, 9.17) is 5.11 Å². The molecule has 2 N–H and O–H groups in total. The highest BCUT2D eigenvalue weighted by atomic mass is 19.4. The molecule has 1 amide bonds. The molecule has 1 heterocycles. The third-order valence-electron chi connectivity index (χ3n) is 3.76. The molecule has 9 heteroatoms. The number of rotatable bonds is 5. The maximum absolute atomic E-state index is 12.8. The molecule has 6 nitrogen and oxygen atoms in total. The van der Waals surface area contributed by atoms with Crippen molar-refractivity contribution in [3.05, 3.63) is 47.8 Å². The fraction of sp³-hybridized carbons (Fsp3) is 0.312. The van der Waals surface area contributed by atoms with E-state index >= 15 is 0 Å². The molecule has 134 valence electrons. The molecule has 0 aliphatic heterocycles. The van der Waals surface area contributed by atoms with E-state index in [9.17, 15) is 22.8 Å². The third kappa shape index (κ3) is 4.37. The maximum atomic E-state index is 12.8. The Hall–Kier alpha value is -2.84. The first kappa shape index (κ1) is 18.5. The fourth-order valence-electron chi connectivity index (χ4n) is 2.03. The van der Waals surface area contributed by atoms with Crippen LogP contribution in [0.2, 0.25) is 0 Å². The Balaban J connectivity index is 2.17. The summed E-state index contributed by atoms with van der Waals surface area (Å²) in [5, 5.41) is 15.4. The predicted octanol–water partition coefficient (Wildman–Crippen LogP) is 2.73. The van der Waals surface area contributed by atoms with Gasteiger partial charge in [-0.25, -0.2) is 4.68 Å². The van der Waals surface area contributed by atoms with Gasteiger partial charge in [0.1, 0.15) is 0 Å². The number of hydrogen-bond donors (Lipinski definition) is 2. The van der Waals surface area contributed by atoms with E-state index in [0.29, 0.717) is 0 Å². The lowest BCUT2D eigenvalue weighted by atomic mass is 10.0. The molecule has 0 saturated heterocycles. The number of aromatic nitrogens is 2. The van der Waals surface area contributed by atoms with Crippen LogP contribution in [0, 0.1) is 5.92 Å². The lowest BCUT2D eigenvalue weighted by Crippen LogP contribution is -2.40. The van der Waals surface area contributed by atoms with E-state index in [0.717, 1.165) is 16.8 Å². The maximum Gasteiger partial charge on any atom is 0.416 e. The van der Waals surface area contributed by atoms with Crippen LogP contribution in [0.1, 0.15) is 29.9 Å². The van der Waals surface area contributed by atoms with E-state index < -0.39 is 35.6 Å². The number of carboxylic acids is 1. The number of carbonyl (C=O) groups is 2. The van der Waals surface area contributed by atoms with E-state index in [2.05, 4.69) is 10.4 Å². The summed E-state index contributed by atoms with van der Waals surface area (Å²) in [7, 11) is 0. The molecule has 0 fully saturated rings. The Morgan fingerprint density at radius 2 is 1.92 bits per heavy atom. The summed E-state index contributed by atoms with van der Waals surface area (Å²) in [5.74, 6) is -2.46. The number of halogens is 3. The predicted molar refractivity (Wildman–Crippen MR) is 82.3 cm³/mol. The molecule has 0 aliphatic rings. The summed E-state index contributed by atoms with van der Waals surface area (Å²) in [6.07, 6.45) is -3.12. The third-order valence-corrected chi connectivity index (χ3v) is 3.76. The minimum Gasteiger partial charge on any atom is -0.481 e. The normalized spacial score (nSPS) is 14.0. The van der Waals surface area contributed by atoms with Crippen LogP contribution in [-0.2, 0) is 11.0 Å².